The van der Waals surface area contributed by atoms with Crippen molar-refractivity contribution in [2.24, 2.45) is 0 Å². The Kier molecular flexibility index (Phi) is 7.22. The number of sulfonamides is 1. The lowest BCUT2D eigenvalue weighted by Gasteiger charge is -2.19. The van der Waals surface area contributed by atoms with Crippen LogP contribution in [0.2, 0.25) is 5.02 Å². The molecule has 0 saturated heterocycles. The molecule has 0 unspecified atom stereocenters. The van der Waals surface area contributed by atoms with Gasteiger partial charge >= 0.3 is 0 Å². The van der Waals surface area contributed by atoms with Gasteiger partial charge < -0.3 is 5.32 Å². The van der Waals surface area contributed by atoms with Crippen molar-refractivity contribution in [2.45, 2.75) is 4.90 Å². The van der Waals surface area contributed by atoms with Gasteiger partial charge in [0.05, 0.1) is 21.1 Å². The number of anilines is 2. The summed E-state index contributed by atoms with van der Waals surface area (Å²) in [5.41, 5.74) is 1.42. The van der Waals surface area contributed by atoms with Crippen LogP contribution in [-0.4, -0.2) is 27.2 Å². The summed E-state index contributed by atoms with van der Waals surface area (Å²) in [5, 5.41) is 3.84. The molecule has 39 heavy (non-hydrogen) atoms. The van der Waals surface area contributed by atoms with Gasteiger partial charge in [-0.2, -0.15) is 0 Å². The smallest absolute Gasteiger partial charge is 0.265 e. The zero-order valence-corrected chi connectivity index (χ0v) is 22.8. The van der Waals surface area contributed by atoms with E-state index >= 15 is 0 Å². The van der Waals surface area contributed by atoms with Gasteiger partial charge in [0.1, 0.15) is 5.82 Å². The molecule has 1 amide bonds. The molecule has 0 bridgehead atoms. The number of nitrogens with zero attached hydrogens (tertiary/aromatic N) is 1. The van der Waals surface area contributed by atoms with Gasteiger partial charge in [0.2, 0.25) is 0 Å². The summed E-state index contributed by atoms with van der Waals surface area (Å²) in [7, 11) is -2.51. The first-order valence-corrected chi connectivity index (χ1v) is 14.3. The van der Waals surface area contributed by atoms with E-state index in [1.807, 2.05) is 0 Å². The average molecular weight is 579 g/mol. The van der Waals surface area contributed by atoms with E-state index in [-0.39, 0.29) is 16.2 Å². The Balaban J connectivity index is 1.41. The Morgan fingerprint density at radius 1 is 0.897 bits per heavy atom. The van der Waals surface area contributed by atoms with E-state index in [9.17, 15) is 22.4 Å². The monoisotopic (exact) mass is 578 g/mol. The maximum absolute atomic E-state index is 13.3. The van der Waals surface area contributed by atoms with Gasteiger partial charge in [-0.05, 0) is 72.1 Å². The Morgan fingerprint density at radius 3 is 2.33 bits per heavy atom. The molecule has 5 rings (SSSR count). The predicted molar refractivity (Wildman–Crippen MR) is 153 cm³/mol. The molecule has 0 aliphatic heterocycles. The van der Waals surface area contributed by atoms with E-state index in [2.05, 4.69) is 5.32 Å². The van der Waals surface area contributed by atoms with E-state index in [1.165, 1.54) is 36.6 Å². The van der Waals surface area contributed by atoms with Crippen molar-refractivity contribution >= 4 is 66.1 Å². The Labute approximate surface area is 233 Å². The first-order valence-electron chi connectivity index (χ1n) is 11.6. The first kappa shape index (κ1) is 26.6. The minimum Gasteiger partial charge on any atom is -0.321 e. The van der Waals surface area contributed by atoms with Crippen LogP contribution >= 0.6 is 22.9 Å². The molecule has 0 atom stereocenters. The lowest BCUT2D eigenvalue weighted by molar-refractivity contribution is 0.103. The normalized spacial score (nSPS) is 11.4. The molecule has 1 heterocycles. The number of amides is 1. The number of hydrogen-bond donors (Lipinski definition) is 1. The van der Waals surface area contributed by atoms with Crippen molar-refractivity contribution in [3.63, 3.8) is 0 Å². The third-order valence-corrected chi connectivity index (χ3v) is 9.22. The van der Waals surface area contributed by atoms with Gasteiger partial charge in [0.25, 0.3) is 15.9 Å². The second-order valence-electron chi connectivity index (χ2n) is 8.60. The molecule has 0 aliphatic rings. The van der Waals surface area contributed by atoms with E-state index in [4.69, 9.17) is 11.6 Å². The summed E-state index contributed by atoms with van der Waals surface area (Å²) in [6.07, 6.45) is 0. The number of halogens is 2. The molecule has 4 aromatic carbocycles. The average Bonchev–Trinajstić information content (AvgIpc) is 3.37. The zero-order chi connectivity index (χ0) is 27.7. The highest BCUT2D eigenvalue weighted by molar-refractivity contribution is 7.92. The van der Waals surface area contributed by atoms with Gasteiger partial charge in [-0.1, -0.05) is 41.9 Å². The molecule has 6 nitrogen and oxygen atoms in total. The second-order valence-corrected chi connectivity index (χ2v) is 12.1. The fourth-order valence-corrected chi connectivity index (χ4v) is 6.28. The van der Waals surface area contributed by atoms with Crippen molar-refractivity contribution in [1.82, 2.24) is 0 Å². The topological polar surface area (TPSA) is 83.6 Å². The molecule has 0 spiro atoms. The minimum absolute atomic E-state index is 0.0410. The van der Waals surface area contributed by atoms with Crippen LogP contribution in [0.1, 0.15) is 25.6 Å². The largest absolute Gasteiger partial charge is 0.321 e. The van der Waals surface area contributed by atoms with Crippen molar-refractivity contribution in [1.29, 1.82) is 0 Å². The fourth-order valence-electron chi connectivity index (χ4n) is 3.98. The molecular formula is C29H20ClFN2O4S2. The highest BCUT2D eigenvalue weighted by atomic mass is 35.5. The van der Waals surface area contributed by atoms with Crippen molar-refractivity contribution in [2.75, 3.05) is 16.7 Å². The molecule has 1 N–H and O–H groups in total. The molecule has 0 fully saturated rings. The fraction of sp³-hybridized carbons (Fsp3) is 0.0345. The highest BCUT2D eigenvalue weighted by Crippen LogP contribution is 2.32. The Morgan fingerprint density at radius 2 is 1.62 bits per heavy atom. The van der Waals surface area contributed by atoms with Gasteiger partial charge in [-0.3, -0.25) is 13.9 Å². The van der Waals surface area contributed by atoms with Crippen molar-refractivity contribution < 1.29 is 22.4 Å². The molecular weight excluding hydrogens is 559 g/mol. The Hall–Kier alpha value is -4.05. The lowest BCUT2D eigenvalue weighted by atomic mass is 10.0. The summed E-state index contributed by atoms with van der Waals surface area (Å²) >= 11 is 7.38. The van der Waals surface area contributed by atoms with Crippen molar-refractivity contribution in [3.05, 3.63) is 124 Å². The van der Waals surface area contributed by atoms with Gasteiger partial charge in [0.15, 0.2) is 5.78 Å². The number of nitrogens with one attached hydrogen (secondary N) is 1. The molecule has 10 heteroatoms. The van der Waals surface area contributed by atoms with Crippen LogP contribution in [-0.2, 0) is 10.0 Å². The van der Waals surface area contributed by atoms with E-state index < -0.39 is 21.7 Å². The third kappa shape index (κ3) is 5.42. The first-order chi connectivity index (χ1) is 18.6. The van der Waals surface area contributed by atoms with Crippen LogP contribution in [0.25, 0.3) is 10.1 Å². The maximum Gasteiger partial charge on any atom is 0.265 e. The molecule has 196 valence electrons. The van der Waals surface area contributed by atoms with E-state index in [0.29, 0.717) is 32.2 Å². The van der Waals surface area contributed by atoms with Crippen molar-refractivity contribution in [3.8, 4) is 0 Å². The number of thiophene rings is 1. The van der Waals surface area contributed by atoms with Crippen LogP contribution in [0, 0.1) is 5.82 Å². The lowest BCUT2D eigenvalue weighted by Crippen LogP contribution is -2.26. The third-order valence-electron chi connectivity index (χ3n) is 6.07. The van der Waals surface area contributed by atoms with E-state index in [0.717, 1.165) is 21.1 Å². The zero-order valence-electron chi connectivity index (χ0n) is 20.4. The summed E-state index contributed by atoms with van der Waals surface area (Å²) in [6.45, 7) is 0. The van der Waals surface area contributed by atoms with Gasteiger partial charge in [-0.25, -0.2) is 12.8 Å². The molecule has 1 aromatic heterocycles. The van der Waals surface area contributed by atoms with Crippen LogP contribution in [0.15, 0.2) is 102 Å². The summed E-state index contributed by atoms with van der Waals surface area (Å²) in [6, 6.07) is 24.7. The van der Waals surface area contributed by atoms with Crippen LogP contribution in [0.5, 0.6) is 0 Å². The highest BCUT2D eigenvalue weighted by Gasteiger charge is 2.23. The number of hydrogen-bond acceptors (Lipinski definition) is 5. The number of fused-ring (bicyclic) bond motifs is 1. The van der Waals surface area contributed by atoms with Crippen LogP contribution in [0.4, 0.5) is 15.8 Å². The standard InChI is InChI=1S/C29H20ClFN2O4S2/c1-33(39(36,37)23-11-8-21(31)9-12-23)22-10-14-26-19(15-22)16-27(38-26)29(35)32-25-13-7-20(30)17-24(25)28(34)18-5-3-2-4-6-18/h2-17H,1H3,(H,32,35). The minimum atomic E-state index is -3.92. The molecule has 0 radical (unpaired) electrons. The number of carbonyl (C=O) groups excluding carboxylic acids is 2. The summed E-state index contributed by atoms with van der Waals surface area (Å²) in [5.74, 6) is -1.23. The second kappa shape index (κ2) is 10.6. The van der Waals surface area contributed by atoms with Gasteiger partial charge in [0, 0.05) is 27.9 Å². The number of ketones is 1. The maximum atomic E-state index is 13.3. The number of rotatable bonds is 7. The number of benzene rings is 4. The van der Waals surface area contributed by atoms with Crippen LogP contribution in [0.3, 0.4) is 0 Å². The van der Waals surface area contributed by atoms with Gasteiger partial charge in [-0.15, -0.1) is 11.3 Å². The number of carbonyl (C=O) groups is 2. The predicted octanol–water partition coefficient (Wildman–Crippen LogP) is 7.00. The van der Waals surface area contributed by atoms with Crippen LogP contribution < -0.4 is 9.62 Å². The molecule has 0 aliphatic carbocycles. The summed E-state index contributed by atoms with van der Waals surface area (Å²) in [4.78, 5) is 26.6. The quantitative estimate of drug-likeness (QED) is 0.211. The molecule has 5 aromatic rings. The van der Waals surface area contributed by atoms with E-state index in [1.54, 1.807) is 66.7 Å². The summed E-state index contributed by atoms with van der Waals surface area (Å²) < 4.78 is 41.2. The Bertz CT molecular complexity index is 1820. The molecule has 0 saturated carbocycles. The SMILES string of the molecule is CN(c1ccc2sc(C(=O)Nc3ccc(Cl)cc3C(=O)c3ccccc3)cc2c1)S(=O)(=O)c1ccc(F)cc1.